The molecule has 17 heavy (non-hydrogen) atoms. The summed E-state index contributed by atoms with van der Waals surface area (Å²) in [5, 5.41) is 9.47. The smallest absolute Gasteiger partial charge is 0.307 e. The van der Waals surface area contributed by atoms with E-state index >= 15 is 0 Å². The van der Waals surface area contributed by atoms with Gasteiger partial charge in [0, 0.05) is 0 Å². The zero-order valence-electron chi connectivity index (χ0n) is 11.7. The summed E-state index contributed by atoms with van der Waals surface area (Å²) in [7, 11) is 0. The van der Waals surface area contributed by atoms with Crippen molar-refractivity contribution >= 4 is 5.97 Å². The first-order valence-electron chi connectivity index (χ1n) is 6.89. The van der Waals surface area contributed by atoms with E-state index in [9.17, 15) is 9.90 Å². The van der Waals surface area contributed by atoms with Crippen LogP contribution in [0.5, 0.6) is 0 Å². The monoisotopic (exact) mass is 238 g/mol. The summed E-state index contributed by atoms with van der Waals surface area (Å²) in [5.41, 5.74) is 0.663. The number of carboxylic acids is 1. The topological polar surface area (TPSA) is 37.3 Å². The van der Waals surface area contributed by atoms with Crippen LogP contribution in [-0.2, 0) is 4.79 Å². The van der Waals surface area contributed by atoms with Gasteiger partial charge in [-0.25, -0.2) is 0 Å². The Balaban J connectivity index is 2.33. The Morgan fingerprint density at radius 1 is 1.06 bits per heavy atom. The van der Waals surface area contributed by atoms with Crippen LogP contribution in [0.2, 0.25) is 0 Å². The fraction of sp³-hybridized carbons (Fsp3) is 0.933. The summed E-state index contributed by atoms with van der Waals surface area (Å²) in [6.45, 7) is 9.25. The van der Waals surface area contributed by atoms with Crippen molar-refractivity contribution in [1.29, 1.82) is 0 Å². The van der Waals surface area contributed by atoms with E-state index in [1.807, 2.05) is 0 Å². The molecule has 2 saturated carbocycles. The third-order valence-corrected chi connectivity index (χ3v) is 4.82. The number of carbonyl (C=O) groups is 1. The second kappa shape index (κ2) is 3.73. The first-order chi connectivity index (χ1) is 7.66. The molecule has 1 spiro atoms. The van der Waals surface area contributed by atoms with Crippen molar-refractivity contribution in [2.24, 2.45) is 22.2 Å². The van der Waals surface area contributed by atoms with Gasteiger partial charge in [-0.1, -0.05) is 34.1 Å². The van der Waals surface area contributed by atoms with Gasteiger partial charge in [0.15, 0.2) is 0 Å². The summed E-state index contributed by atoms with van der Waals surface area (Å²) in [6.07, 6.45) is 6.52. The van der Waals surface area contributed by atoms with Crippen molar-refractivity contribution in [2.75, 3.05) is 0 Å². The molecular weight excluding hydrogens is 212 g/mol. The highest BCUT2D eigenvalue weighted by molar-refractivity contribution is 5.71. The molecule has 1 atom stereocenters. The van der Waals surface area contributed by atoms with Crippen LogP contribution in [0.3, 0.4) is 0 Å². The zero-order valence-corrected chi connectivity index (χ0v) is 11.7. The Morgan fingerprint density at radius 2 is 1.59 bits per heavy atom. The van der Waals surface area contributed by atoms with Crippen molar-refractivity contribution in [3.63, 3.8) is 0 Å². The molecule has 0 aromatic carbocycles. The molecular formula is C15H26O2. The van der Waals surface area contributed by atoms with Gasteiger partial charge in [-0.05, 0) is 48.3 Å². The van der Waals surface area contributed by atoms with Crippen LogP contribution >= 0.6 is 0 Å². The van der Waals surface area contributed by atoms with Crippen LogP contribution in [0.15, 0.2) is 0 Å². The Kier molecular flexibility index (Phi) is 2.83. The molecule has 0 aromatic heterocycles. The average Bonchev–Trinajstić information content (AvgIpc) is 2.40. The predicted molar refractivity (Wildman–Crippen MR) is 68.8 cm³/mol. The lowest BCUT2D eigenvalue weighted by molar-refractivity contribution is -0.149. The van der Waals surface area contributed by atoms with Crippen LogP contribution < -0.4 is 0 Å². The summed E-state index contributed by atoms with van der Waals surface area (Å²) < 4.78 is 0. The van der Waals surface area contributed by atoms with Crippen molar-refractivity contribution in [2.45, 2.75) is 66.2 Å². The van der Waals surface area contributed by atoms with Gasteiger partial charge < -0.3 is 5.11 Å². The van der Waals surface area contributed by atoms with Crippen LogP contribution in [-0.4, -0.2) is 11.1 Å². The molecule has 2 aliphatic carbocycles. The van der Waals surface area contributed by atoms with E-state index in [0.717, 1.165) is 32.1 Å². The first kappa shape index (κ1) is 12.9. The minimum absolute atomic E-state index is 0.0804. The highest BCUT2D eigenvalue weighted by Gasteiger charge is 2.54. The number of hydrogen-bond acceptors (Lipinski definition) is 1. The van der Waals surface area contributed by atoms with Gasteiger partial charge in [0.05, 0.1) is 5.92 Å². The van der Waals surface area contributed by atoms with E-state index in [2.05, 4.69) is 27.7 Å². The lowest BCUT2D eigenvalue weighted by Gasteiger charge is -2.52. The normalized spacial score (nSPS) is 33.8. The minimum atomic E-state index is -0.559. The molecule has 2 aliphatic rings. The number of rotatable bonds is 1. The second-order valence-corrected chi connectivity index (χ2v) is 8.00. The fourth-order valence-electron chi connectivity index (χ4n) is 5.34. The van der Waals surface area contributed by atoms with Gasteiger partial charge in [-0.3, -0.25) is 4.79 Å². The largest absolute Gasteiger partial charge is 0.481 e. The third-order valence-electron chi connectivity index (χ3n) is 4.82. The summed E-state index contributed by atoms with van der Waals surface area (Å²) in [5.74, 6) is -0.655. The average molecular weight is 238 g/mol. The van der Waals surface area contributed by atoms with Crippen LogP contribution in [0.25, 0.3) is 0 Å². The van der Waals surface area contributed by atoms with Gasteiger partial charge in [-0.15, -0.1) is 0 Å². The van der Waals surface area contributed by atoms with Crippen LogP contribution in [0.1, 0.15) is 66.2 Å². The maximum atomic E-state index is 11.5. The fourth-order valence-corrected chi connectivity index (χ4v) is 5.34. The third kappa shape index (κ3) is 2.36. The zero-order chi connectivity index (χ0) is 12.9. The van der Waals surface area contributed by atoms with E-state index in [1.54, 1.807) is 0 Å². The van der Waals surface area contributed by atoms with Crippen molar-refractivity contribution in [3.05, 3.63) is 0 Å². The van der Waals surface area contributed by atoms with Crippen molar-refractivity contribution in [3.8, 4) is 0 Å². The Morgan fingerprint density at radius 3 is 2.06 bits per heavy atom. The maximum Gasteiger partial charge on any atom is 0.307 e. The van der Waals surface area contributed by atoms with E-state index < -0.39 is 5.97 Å². The predicted octanol–water partition coefficient (Wildman–Crippen LogP) is 4.09. The lowest BCUT2D eigenvalue weighted by atomic mass is 9.52. The Hall–Kier alpha value is -0.530. The molecule has 2 rings (SSSR count). The Bertz CT molecular complexity index is 312. The minimum Gasteiger partial charge on any atom is -0.481 e. The number of carboxylic acid groups (broad SMARTS) is 1. The first-order valence-corrected chi connectivity index (χ1v) is 6.89. The standard InChI is InChI=1S/C15H26O2/c1-13(2)8-14(3,4)10-15(9-13)7-5-6-11(15)12(16)17/h11H,5-10H2,1-4H3,(H,16,17). The molecule has 0 bridgehead atoms. The molecule has 0 aromatic rings. The van der Waals surface area contributed by atoms with E-state index in [0.29, 0.717) is 10.8 Å². The molecule has 0 heterocycles. The Labute approximate surface area is 105 Å². The number of aliphatic carboxylic acids is 1. The molecule has 2 heteroatoms. The highest BCUT2D eigenvalue weighted by atomic mass is 16.4. The summed E-state index contributed by atoms with van der Waals surface area (Å²) >= 11 is 0. The molecule has 1 N–H and O–H groups in total. The highest BCUT2D eigenvalue weighted by Crippen LogP contribution is 2.62. The van der Waals surface area contributed by atoms with E-state index in [4.69, 9.17) is 0 Å². The SMILES string of the molecule is CC1(C)CC(C)(C)CC2(CCCC2C(=O)O)C1. The van der Waals surface area contributed by atoms with Gasteiger partial charge >= 0.3 is 5.97 Å². The molecule has 0 aliphatic heterocycles. The van der Waals surface area contributed by atoms with E-state index in [1.165, 1.54) is 6.42 Å². The van der Waals surface area contributed by atoms with Crippen molar-refractivity contribution < 1.29 is 9.90 Å². The van der Waals surface area contributed by atoms with E-state index in [-0.39, 0.29) is 11.3 Å². The quantitative estimate of drug-likeness (QED) is 0.747. The molecule has 1 unspecified atom stereocenters. The molecule has 2 nitrogen and oxygen atoms in total. The molecule has 2 fully saturated rings. The maximum absolute atomic E-state index is 11.5. The van der Waals surface area contributed by atoms with Gasteiger partial charge in [0.2, 0.25) is 0 Å². The molecule has 98 valence electrons. The number of hydrogen-bond donors (Lipinski definition) is 1. The second-order valence-electron chi connectivity index (χ2n) is 8.00. The summed E-state index contributed by atoms with van der Waals surface area (Å²) in [6, 6.07) is 0. The van der Waals surface area contributed by atoms with Crippen molar-refractivity contribution in [1.82, 2.24) is 0 Å². The van der Waals surface area contributed by atoms with Crippen LogP contribution in [0.4, 0.5) is 0 Å². The molecule has 0 radical (unpaired) electrons. The summed E-state index contributed by atoms with van der Waals surface area (Å²) in [4.78, 5) is 11.5. The molecule has 0 saturated heterocycles. The lowest BCUT2D eigenvalue weighted by Crippen LogP contribution is -2.45. The van der Waals surface area contributed by atoms with Crippen LogP contribution in [0, 0.1) is 22.2 Å². The van der Waals surface area contributed by atoms with Gasteiger partial charge in [0.1, 0.15) is 0 Å². The van der Waals surface area contributed by atoms with Gasteiger partial charge in [-0.2, -0.15) is 0 Å². The van der Waals surface area contributed by atoms with Gasteiger partial charge in [0.25, 0.3) is 0 Å². The molecule has 0 amide bonds.